The first-order valence-electron chi connectivity index (χ1n) is 8.72. The fraction of sp³-hybridized carbons (Fsp3) is 0.400. The number of aromatic nitrogens is 1. The summed E-state index contributed by atoms with van der Waals surface area (Å²) in [4.78, 5) is 29.5. The summed E-state index contributed by atoms with van der Waals surface area (Å²) < 4.78 is 11.0. The highest BCUT2D eigenvalue weighted by Gasteiger charge is 2.27. The van der Waals surface area contributed by atoms with Gasteiger partial charge in [-0.25, -0.2) is 0 Å². The largest absolute Gasteiger partial charge is 0.497 e. The predicted octanol–water partition coefficient (Wildman–Crippen LogP) is 2.08. The smallest absolute Gasteiger partial charge is 0.261 e. The van der Waals surface area contributed by atoms with Crippen LogP contribution >= 0.6 is 0 Å². The minimum Gasteiger partial charge on any atom is -0.497 e. The van der Waals surface area contributed by atoms with Gasteiger partial charge in [-0.3, -0.25) is 9.59 Å². The number of hydrogen-bond donors (Lipinski definition) is 1. The molecule has 1 aromatic heterocycles. The molecule has 1 atom stereocenters. The topological polar surface area (TPSA) is 71.6 Å². The molecule has 0 saturated carbocycles. The predicted molar refractivity (Wildman–Crippen MR) is 98.9 cm³/mol. The van der Waals surface area contributed by atoms with Crippen LogP contribution in [0.25, 0.3) is 0 Å². The SMILES string of the molecule is COc1ccc(C[C@@H]2CN(C(=O)c3c(C)cc(C)[nH]c3=O)CCO2)cc1. The first kappa shape index (κ1) is 18.2. The van der Waals surface area contributed by atoms with Crippen molar-refractivity contribution < 1.29 is 14.3 Å². The van der Waals surface area contributed by atoms with Gasteiger partial charge < -0.3 is 19.4 Å². The van der Waals surface area contributed by atoms with Crippen molar-refractivity contribution in [2.24, 2.45) is 0 Å². The van der Waals surface area contributed by atoms with Gasteiger partial charge in [0.1, 0.15) is 11.3 Å². The lowest BCUT2D eigenvalue weighted by molar-refractivity contribution is -0.0209. The Morgan fingerprint density at radius 2 is 2.04 bits per heavy atom. The average Bonchev–Trinajstić information content (AvgIpc) is 2.61. The molecule has 0 unspecified atom stereocenters. The molecule has 3 rings (SSSR count). The van der Waals surface area contributed by atoms with Crippen LogP contribution in [0.5, 0.6) is 5.75 Å². The Bertz CT molecular complexity index is 842. The second kappa shape index (κ2) is 7.74. The van der Waals surface area contributed by atoms with Crippen LogP contribution in [0.4, 0.5) is 0 Å². The Morgan fingerprint density at radius 1 is 1.31 bits per heavy atom. The molecule has 1 N–H and O–H groups in total. The van der Waals surface area contributed by atoms with Crippen molar-refractivity contribution in [3.63, 3.8) is 0 Å². The van der Waals surface area contributed by atoms with Crippen molar-refractivity contribution in [3.8, 4) is 5.75 Å². The summed E-state index contributed by atoms with van der Waals surface area (Å²) in [6, 6.07) is 9.64. The van der Waals surface area contributed by atoms with Gasteiger partial charge in [0.2, 0.25) is 0 Å². The van der Waals surface area contributed by atoms with E-state index in [1.165, 1.54) is 0 Å². The molecule has 0 spiro atoms. The fourth-order valence-corrected chi connectivity index (χ4v) is 3.33. The number of aromatic amines is 1. The van der Waals surface area contributed by atoms with Gasteiger partial charge in [0.15, 0.2) is 0 Å². The van der Waals surface area contributed by atoms with E-state index < -0.39 is 0 Å². The Labute approximate surface area is 152 Å². The van der Waals surface area contributed by atoms with Crippen LogP contribution in [0, 0.1) is 13.8 Å². The molecular weight excluding hydrogens is 332 g/mol. The summed E-state index contributed by atoms with van der Waals surface area (Å²) in [5.74, 6) is 0.580. The summed E-state index contributed by atoms with van der Waals surface area (Å²) in [6.07, 6.45) is 0.614. The quantitative estimate of drug-likeness (QED) is 0.910. The van der Waals surface area contributed by atoms with E-state index in [9.17, 15) is 9.59 Å². The maximum atomic E-state index is 12.9. The molecule has 6 heteroatoms. The van der Waals surface area contributed by atoms with Crippen molar-refractivity contribution in [3.05, 3.63) is 63.1 Å². The molecule has 1 saturated heterocycles. The minimum atomic E-state index is -0.328. The van der Waals surface area contributed by atoms with Crippen LogP contribution < -0.4 is 10.3 Å². The third kappa shape index (κ3) is 3.96. The zero-order valence-electron chi connectivity index (χ0n) is 15.4. The summed E-state index contributed by atoms with van der Waals surface area (Å²) in [5.41, 5.74) is 2.47. The molecular formula is C20H24N2O4. The Kier molecular flexibility index (Phi) is 5.42. The molecule has 6 nitrogen and oxygen atoms in total. The summed E-state index contributed by atoms with van der Waals surface area (Å²) in [6.45, 7) is 5.03. The van der Waals surface area contributed by atoms with Gasteiger partial charge >= 0.3 is 0 Å². The number of amides is 1. The molecule has 1 aliphatic rings. The highest BCUT2D eigenvalue weighted by molar-refractivity contribution is 5.95. The number of hydrogen-bond acceptors (Lipinski definition) is 4. The van der Waals surface area contributed by atoms with E-state index in [0.29, 0.717) is 31.7 Å². The number of aryl methyl sites for hydroxylation is 2. The van der Waals surface area contributed by atoms with Gasteiger partial charge in [0.25, 0.3) is 11.5 Å². The summed E-state index contributed by atoms with van der Waals surface area (Å²) in [7, 11) is 1.64. The van der Waals surface area contributed by atoms with Gasteiger partial charge in [-0.05, 0) is 43.2 Å². The third-order valence-corrected chi connectivity index (χ3v) is 4.63. The van der Waals surface area contributed by atoms with E-state index in [4.69, 9.17) is 9.47 Å². The van der Waals surface area contributed by atoms with E-state index in [0.717, 1.165) is 17.0 Å². The highest BCUT2D eigenvalue weighted by atomic mass is 16.5. The third-order valence-electron chi connectivity index (χ3n) is 4.63. The van der Waals surface area contributed by atoms with Gasteiger partial charge in [-0.1, -0.05) is 12.1 Å². The van der Waals surface area contributed by atoms with Gasteiger partial charge in [-0.15, -0.1) is 0 Å². The monoisotopic (exact) mass is 356 g/mol. The fourth-order valence-electron chi connectivity index (χ4n) is 3.33. The molecule has 2 aromatic rings. The number of benzene rings is 1. The van der Waals surface area contributed by atoms with Crippen LogP contribution in [-0.2, 0) is 11.2 Å². The number of nitrogens with zero attached hydrogens (tertiary/aromatic N) is 1. The van der Waals surface area contributed by atoms with Crippen molar-refractivity contribution >= 4 is 5.91 Å². The Hall–Kier alpha value is -2.60. The first-order chi connectivity index (χ1) is 12.5. The molecule has 1 fully saturated rings. The van der Waals surface area contributed by atoms with Crippen LogP contribution in [0.15, 0.2) is 35.1 Å². The zero-order chi connectivity index (χ0) is 18.7. The number of methoxy groups -OCH3 is 1. The van der Waals surface area contributed by atoms with Crippen LogP contribution in [0.1, 0.15) is 27.2 Å². The van der Waals surface area contributed by atoms with Crippen molar-refractivity contribution in [1.29, 1.82) is 0 Å². The number of pyridine rings is 1. The molecule has 0 radical (unpaired) electrons. The molecule has 138 valence electrons. The number of H-pyrrole nitrogens is 1. The maximum Gasteiger partial charge on any atom is 0.261 e. The molecule has 1 aliphatic heterocycles. The standard InChI is InChI=1S/C20H24N2O4/c1-13-10-14(2)21-19(23)18(13)20(24)22-8-9-26-17(12-22)11-15-4-6-16(25-3)7-5-15/h4-7,10,17H,8-9,11-12H2,1-3H3,(H,21,23)/t17-/m1/s1. The highest BCUT2D eigenvalue weighted by Crippen LogP contribution is 2.17. The number of carbonyl (C=O) groups excluding carboxylic acids is 1. The first-order valence-corrected chi connectivity index (χ1v) is 8.72. The summed E-state index contributed by atoms with van der Waals surface area (Å²) in [5, 5.41) is 0. The molecule has 2 heterocycles. The molecule has 0 bridgehead atoms. The van der Waals surface area contributed by atoms with Gasteiger partial charge in [-0.2, -0.15) is 0 Å². The number of ether oxygens (including phenoxy) is 2. The second-order valence-corrected chi connectivity index (χ2v) is 6.64. The van der Waals surface area contributed by atoms with E-state index in [1.54, 1.807) is 18.9 Å². The molecule has 1 amide bonds. The van der Waals surface area contributed by atoms with Crippen LogP contribution in [0.3, 0.4) is 0 Å². The zero-order valence-corrected chi connectivity index (χ0v) is 15.4. The van der Waals surface area contributed by atoms with Crippen molar-refractivity contribution in [2.75, 3.05) is 26.8 Å². The number of morpholine rings is 1. The van der Waals surface area contributed by atoms with E-state index >= 15 is 0 Å². The molecule has 1 aromatic carbocycles. The maximum absolute atomic E-state index is 12.9. The second-order valence-electron chi connectivity index (χ2n) is 6.64. The summed E-state index contributed by atoms with van der Waals surface area (Å²) >= 11 is 0. The van der Waals surface area contributed by atoms with Crippen molar-refractivity contribution in [1.82, 2.24) is 9.88 Å². The Morgan fingerprint density at radius 3 is 2.69 bits per heavy atom. The lowest BCUT2D eigenvalue weighted by Crippen LogP contribution is -2.47. The normalized spacial score (nSPS) is 17.2. The number of nitrogens with one attached hydrogen (secondary N) is 1. The van der Waals surface area contributed by atoms with E-state index in [2.05, 4.69) is 4.98 Å². The molecule has 0 aliphatic carbocycles. The minimum absolute atomic E-state index is 0.0917. The van der Waals surface area contributed by atoms with Crippen LogP contribution in [0.2, 0.25) is 0 Å². The van der Waals surface area contributed by atoms with Gasteiger partial charge in [0.05, 0.1) is 19.8 Å². The van der Waals surface area contributed by atoms with E-state index in [1.807, 2.05) is 37.3 Å². The molecule has 26 heavy (non-hydrogen) atoms. The lowest BCUT2D eigenvalue weighted by Gasteiger charge is -2.33. The Balaban J connectivity index is 1.71. The van der Waals surface area contributed by atoms with E-state index in [-0.39, 0.29) is 23.1 Å². The lowest BCUT2D eigenvalue weighted by atomic mass is 10.0. The van der Waals surface area contributed by atoms with Crippen LogP contribution in [-0.4, -0.2) is 48.7 Å². The average molecular weight is 356 g/mol. The van der Waals surface area contributed by atoms with Gasteiger partial charge in [0, 0.05) is 25.2 Å². The number of rotatable bonds is 4. The number of carbonyl (C=O) groups is 1. The van der Waals surface area contributed by atoms with Crippen molar-refractivity contribution in [2.45, 2.75) is 26.4 Å².